The van der Waals surface area contributed by atoms with E-state index in [1.54, 1.807) is 0 Å². The maximum absolute atomic E-state index is 10.9. The lowest BCUT2D eigenvalue weighted by Crippen LogP contribution is -1.98. The number of aromatic hydroxyl groups is 1. The number of halogens is 2. The lowest BCUT2D eigenvalue weighted by Gasteiger charge is -2.08. The molecule has 2 N–H and O–H groups in total. The Morgan fingerprint density at radius 2 is 2.00 bits per heavy atom. The van der Waals surface area contributed by atoms with Crippen LogP contribution in [0.4, 0.5) is 0 Å². The SMILES string of the molecule is O=C(O)c1cccc(-c2ncc(Cl)cc2Cl)c1O. The number of carbonyl (C=O) groups is 1. The Balaban J connectivity index is 2.64. The first kappa shape index (κ1) is 12.7. The van der Waals surface area contributed by atoms with Gasteiger partial charge in [0.1, 0.15) is 11.3 Å². The van der Waals surface area contributed by atoms with Crippen LogP contribution in [0.3, 0.4) is 0 Å². The predicted molar refractivity (Wildman–Crippen MR) is 68.3 cm³/mol. The van der Waals surface area contributed by atoms with E-state index >= 15 is 0 Å². The number of aromatic carboxylic acids is 1. The molecule has 6 heteroatoms. The Bertz CT molecular complexity index is 629. The minimum atomic E-state index is -1.22. The van der Waals surface area contributed by atoms with Crippen molar-refractivity contribution in [2.24, 2.45) is 0 Å². The number of para-hydroxylation sites is 1. The van der Waals surface area contributed by atoms with Crippen LogP contribution in [-0.2, 0) is 0 Å². The molecule has 0 spiro atoms. The van der Waals surface area contributed by atoms with E-state index < -0.39 is 5.97 Å². The first-order valence-electron chi connectivity index (χ1n) is 4.87. The molecule has 0 aliphatic heterocycles. The zero-order chi connectivity index (χ0) is 13.3. The second-order valence-corrected chi connectivity index (χ2v) is 4.33. The maximum Gasteiger partial charge on any atom is 0.339 e. The van der Waals surface area contributed by atoms with E-state index in [0.717, 1.165) is 0 Å². The highest BCUT2D eigenvalue weighted by Crippen LogP contribution is 2.35. The number of hydrogen-bond acceptors (Lipinski definition) is 3. The normalized spacial score (nSPS) is 10.3. The van der Waals surface area contributed by atoms with Crippen LogP contribution in [0.5, 0.6) is 5.75 Å². The Morgan fingerprint density at radius 3 is 2.61 bits per heavy atom. The van der Waals surface area contributed by atoms with Crippen LogP contribution in [0.25, 0.3) is 11.3 Å². The molecule has 0 bridgehead atoms. The minimum absolute atomic E-state index is 0.208. The number of benzene rings is 1. The molecule has 0 saturated carbocycles. The van der Waals surface area contributed by atoms with Crippen molar-refractivity contribution in [3.8, 4) is 17.0 Å². The van der Waals surface area contributed by atoms with E-state index in [2.05, 4.69) is 4.98 Å². The lowest BCUT2D eigenvalue weighted by molar-refractivity contribution is 0.0694. The molecule has 0 atom stereocenters. The van der Waals surface area contributed by atoms with Crippen molar-refractivity contribution >= 4 is 29.2 Å². The number of carboxylic acid groups (broad SMARTS) is 1. The fourth-order valence-corrected chi connectivity index (χ4v) is 2.00. The van der Waals surface area contributed by atoms with Crippen molar-refractivity contribution in [1.29, 1.82) is 0 Å². The molecule has 18 heavy (non-hydrogen) atoms. The van der Waals surface area contributed by atoms with Gasteiger partial charge in [0, 0.05) is 11.8 Å². The first-order valence-corrected chi connectivity index (χ1v) is 5.63. The molecule has 0 aliphatic carbocycles. The molecule has 0 unspecified atom stereocenters. The van der Waals surface area contributed by atoms with Crippen LogP contribution in [0.15, 0.2) is 30.5 Å². The highest BCUT2D eigenvalue weighted by atomic mass is 35.5. The van der Waals surface area contributed by atoms with Gasteiger partial charge in [-0.3, -0.25) is 4.98 Å². The van der Waals surface area contributed by atoms with Gasteiger partial charge in [0.25, 0.3) is 0 Å². The fraction of sp³-hybridized carbons (Fsp3) is 0. The number of rotatable bonds is 2. The van der Waals surface area contributed by atoms with Crippen LogP contribution in [0.1, 0.15) is 10.4 Å². The summed E-state index contributed by atoms with van der Waals surface area (Å²) in [6.07, 6.45) is 1.37. The van der Waals surface area contributed by atoms with Crippen molar-refractivity contribution in [3.05, 3.63) is 46.1 Å². The summed E-state index contributed by atoms with van der Waals surface area (Å²) in [5.74, 6) is -1.60. The van der Waals surface area contributed by atoms with E-state index in [0.29, 0.717) is 5.02 Å². The highest BCUT2D eigenvalue weighted by molar-refractivity contribution is 6.36. The van der Waals surface area contributed by atoms with Crippen molar-refractivity contribution < 1.29 is 15.0 Å². The highest BCUT2D eigenvalue weighted by Gasteiger charge is 2.16. The molecule has 0 saturated heterocycles. The van der Waals surface area contributed by atoms with E-state index in [1.165, 1.54) is 30.5 Å². The van der Waals surface area contributed by atoms with Gasteiger partial charge in [-0.25, -0.2) is 4.79 Å². The van der Waals surface area contributed by atoms with Crippen molar-refractivity contribution in [2.45, 2.75) is 0 Å². The Morgan fingerprint density at radius 1 is 1.28 bits per heavy atom. The molecular formula is C12H7Cl2NO3. The maximum atomic E-state index is 10.9. The first-order chi connectivity index (χ1) is 8.50. The molecule has 1 aromatic carbocycles. The number of hydrogen-bond donors (Lipinski definition) is 2. The smallest absolute Gasteiger partial charge is 0.339 e. The minimum Gasteiger partial charge on any atom is -0.506 e. The van der Waals surface area contributed by atoms with E-state index in [9.17, 15) is 9.90 Å². The van der Waals surface area contributed by atoms with Gasteiger partial charge < -0.3 is 10.2 Å². The summed E-state index contributed by atoms with van der Waals surface area (Å²) in [4.78, 5) is 14.9. The molecule has 0 radical (unpaired) electrons. The monoisotopic (exact) mass is 283 g/mol. The van der Waals surface area contributed by atoms with Gasteiger partial charge in [-0.2, -0.15) is 0 Å². The van der Waals surface area contributed by atoms with Crippen molar-refractivity contribution in [1.82, 2.24) is 4.98 Å². The number of nitrogens with zero attached hydrogens (tertiary/aromatic N) is 1. The number of carboxylic acids is 1. The van der Waals surface area contributed by atoms with Crippen molar-refractivity contribution in [2.75, 3.05) is 0 Å². The number of phenols is 1. The summed E-state index contributed by atoms with van der Waals surface area (Å²) in [6.45, 7) is 0. The molecule has 0 fully saturated rings. The zero-order valence-electron chi connectivity index (χ0n) is 8.89. The summed E-state index contributed by atoms with van der Waals surface area (Å²) in [7, 11) is 0. The van der Waals surface area contributed by atoms with Gasteiger partial charge in [-0.05, 0) is 18.2 Å². The summed E-state index contributed by atoms with van der Waals surface area (Å²) in [5.41, 5.74) is 0.318. The predicted octanol–water partition coefficient (Wildman–Crippen LogP) is 3.46. The zero-order valence-corrected chi connectivity index (χ0v) is 10.4. The fourth-order valence-electron chi connectivity index (χ4n) is 1.52. The Labute approximate surface area is 112 Å². The molecule has 0 aliphatic rings. The van der Waals surface area contributed by atoms with E-state index in [1.807, 2.05) is 0 Å². The largest absolute Gasteiger partial charge is 0.506 e. The van der Waals surface area contributed by atoms with E-state index in [-0.39, 0.29) is 27.6 Å². The quantitative estimate of drug-likeness (QED) is 0.886. The van der Waals surface area contributed by atoms with Gasteiger partial charge in [0.15, 0.2) is 0 Å². The number of pyridine rings is 1. The number of aromatic nitrogens is 1. The second kappa shape index (κ2) is 4.84. The lowest BCUT2D eigenvalue weighted by atomic mass is 10.1. The molecule has 2 rings (SSSR count). The standard InChI is InChI=1S/C12H7Cl2NO3/c13-6-4-9(14)10(15-5-6)7-2-1-3-8(11(7)16)12(17)18/h1-5,16H,(H,17,18). The Hall–Kier alpha value is -1.78. The van der Waals surface area contributed by atoms with Crippen LogP contribution in [-0.4, -0.2) is 21.2 Å². The van der Waals surface area contributed by atoms with Crippen molar-refractivity contribution in [3.63, 3.8) is 0 Å². The van der Waals surface area contributed by atoms with Crippen LogP contribution < -0.4 is 0 Å². The molecule has 1 aromatic heterocycles. The van der Waals surface area contributed by atoms with Gasteiger partial charge in [-0.15, -0.1) is 0 Å². The van der Waals surface area contributed by atoms with Gasteiger partial charge in [0.05, 0.1) is 15.7 Å². The molecule has 92 valence electrons. The second-order valence-electron chi connectivity index (χ2n) is 3.49. The third kappa shape index (κ3) is 2.25. The summed E-state index contributed by atoms with van der Waals surface area (Å²) in [5, 5.41) is 19.4. The summed E-state index contributed by atoms with van der Waals surface area (Å²) < 4.78 is 0. The topological polar surface area (TPSA) is 70.4 Å². The molecule has 0 amide bonds. The summed E-state index contributed by atoms with van der Waals surface area (Å²) in [6, 6.07) is 5.80. The van der Waals surface area contributed by atoms with E-state index in [4.69, 9.17) is 28.3 Å². The van der Waals surface area contributed by atoms with Crippen LogP contribution >= 0.6 is 23.2 Å². The molecule has 2 aromatic rings. The van der Waals surface area contributed by atoms with Crippen LogP contribution in [0.2, 0.25) is 10.0 Å². The third-order valence-corrected chi connectivity index (χ3v) is 2.82. The molecular weight excluding hydrogens is 277 g/mol. The average Bonchev–Trinajstić information content (AvgIpc) is 2.30. The van der Waals surface area contributed by atoms with Gasteiger partial charge in [-0.1, -0.05) is 29.3 Å². The third-order valence-electron chi connectivity index (χ3n) is 2.33. The average molecular weight is 284 g/mol. The van der Waals surface area contributed by atoms with Gasteiger partial charge >= 0.3 is 5.97 Å². The summed E-state index contributed by atoms with van der Waals surface area (Å²) >= 11 is 11.7. The molecule has 1 heterocycles. The van der Waals surface area contributed by atoms with Gasteiger partial charge in [0.2, 0.25) is 0 Å². The molecule has 4 nitrogen and oxygen atoms in total. The Kier molecular flexibility index (Phi) is 3.41. The van der Waals surface area contributed by atoms with Crippen LogP contribution in [0, 0.1) is 0 Å².